The van der Waals surface area contributed by atoms with E-state index in [0.29, 0.717) is 36.9 Å². The SMILES string of the molecule is COc1cc(C(C)NC(=O)CCc2ccccc2N)ccc1OCC(C)C. The predicted octanol–water partition coefficient (Wildman–Crippen LogP) is 4.12. The molecule has 0 radical (unpaired) electrons. The molecule has 5 heteroatoms. The Hall–Kier alpha value is -2.69. The highest BCUT2D eigenvalue weighted by Gasteiger charge is 2.14. The zero-order chi connectivity index (χ0) is 19.8. The first-order chi connectivity index (χ1) is 12.9. The highest BCUT2D eigenvalue weighted by molar-refractivity contribution is 5.77. The molecule has 1 atom stereocenters. The van der Waals surface area contributed by atoms with E-state index in [1.165, 1.54) is 0 Å². The molecule has 0 heterocycles. The molecule has 1 unspecified atom stereocenters. The van der Waals surface area contributed by atoms with Gasteiger partial charge < -0.3 is 20.5 Å². The van der Waals surface area contributed by atoms with Crippen molar-refractivity contribution >= 4 is 11.6 Å². The van der Waals surface area contributed by atoms with Gasteiger partial charge >= 0.3 is 0 Å². The number of amides is 1. The fourth-order valence-electron chi connectivity index (χ4n) is 2.74. The first-order valence-corrected chi connectivity index (χ1v) is 9.34. The average Bonchev–Trinajstić information content (AvgIpc) is 2.65. The maximum absolute atomic E-state index is 12.3. The van der Waals surface area contributed by atoms with E-state index in [2.05, 4.69) is 19.2 Å². The van der Waals surface area contributed by atoms with Gasteiger partial charge in [0.2, 0.25) is 5.91 Å². The summed E-state index contributed by atoms with van der Waals surface area (Å²) in [6.45, 7) is 6.78. The van der Waals surface area contributed by atoms with Crippen molar-refractivity contribution in [3.05, 3.63) is 53.6 Å². The Bertz CT molecular complexity index is 759. The molecule has 2 rings (SSSR count). The van der Waals surface area contributed by atoms with Crippen LogP contribution in [0.5, 0.6) is 11.5 Å². The van der Waals surface area contributed by atoms with Gasteiger partial charge in [-0.05, 0) is 48.6 Å². The van der Waals surface area contributed by atoms with Crippen molar-refractivity contribution in [3.8, 4) is 11.5 Å². The third-order valence-corrected chi connectivity index (χ3v) is 4.31. The van der Waals surface area contributed by atoms with Gasteiger partial charge in [-0.3, -0.25) is 4.79 Å². The lowest BCUT2D eigenvalue weighted by molar-refractivity contribution is -0.121. The topological polar surface area (TPSA) is 73.6 Å². The molecular formula is C22H30N2O3. The van der Waals surface area contributed by atoms with Crippen molar-refractivity contribution in [1.82, 2.24) is 5.32 Å². The summed E-state index contributed by atoms with van der Waals surface area (Å²) in [6.07, 6.45) is 1.02. The number of nitrogens with one attached hydrogen (secondary N) is 1. The molecule has 2 aromatic carbocycles. The van der Waals surface area contributed by atoms with Crippen LogP contribution >= 0.6 is 0 Å². The molecule has 0 aliphatic rings. The summed E-state index contributed by atoms with van der Waals surface area (Å²) in [5.74, 6) is 1.82. The summed E-state index contributed by atoms with van der Waals surface area (Å²) in [6, 6.07) is 13.3. The number of anilines is 1. The number of carbonyl (C=O) groups is 1. The number of nitrogen functional groups attached to an aromatic ring is 1. The molecule has 5 nitrogen and oxygen atoms in total. The first-order valence-electron chi connectivity index (χ1n) is 9.34. The first kappa shape index (κ1) is 20.6. The van der Waals surface area contributed by atoms with E-state index in [1.54, 1.807) is 7.11 Å². The standard InChI is InChI=1S/C22H30N2O3/c1-15(2)14-27-20-11-9-18(13-21(20)26-4)16(3)24-22(25)12-10-17-7-5-6-8-19(17)23/h5-9,11,13,15-16H,10,12,14,23H2,1-4H3,(H,24,25). The zero-order valence-electron chi connectivity index (χ0n) is 16.6. The third-order valence-electron chi connectivity index (χ3n) is 4.31. The minimum absolute atomic E-state index is 0.00939. The fourth-order valence-corrected chi connectivity index (χ4v) is 2.74. The second-order valence-corrected chi connectivity index (χ2v) is 7.10. The van der Waals surface area contributed by atoms with Crippen LogP contribution in [0.1, 0.15) is 44.4 Å². The van der Waals surface area contributed by atoms with Crippen LogP contribution in [0.2, 0.25) is 0 Å². The van der Waals surface area contributed by atoms with E-state index in [0.717, 1.165) is 16.8 Å². The van der Waals surface area contributed by atoms with Gasteiger partial charge in [0.25, 0.3) is 0 Å². The molecule has 0 fully saturated rings. The number of benzene rings is 2. The molecule has 2 aromatic rings. The molecule has 3 N–H and O–H groups in total. The van der Waals surface area contributed by atoms with Gasteiger partial charge in [-0.15, -0.1) is 0 Å². The Morgan fingerprint density at radius 2 is 1.85 bits per heavy atom. The number of ether oxygens (including phenoxy) is 2. The number of aryl methyl sites for hydroxylation is 1. The second kappa shape index (κ2) is 9.86. The molecule has 1 amide bonds. The Morgan fingerprint density at radius 3 is 2.52 bits per heavy atom. The average molecular weight is 370 g/mol. The third kappa shape index (κ3) is 6.20. The minimum atomic E-state index is -0.126. The zero-order valence-corrected chi connectivity index (χ0v) is 16.6. The quantitative estimate of drug-likeness (QED) is 0.651. The van der Waals surface area contributed by atoms with Gasteiger partial charge in [0.1, 0.15) is 0 Å². The molecule has 0 saturated heterocycles. The van der Waals surface area contributed by atoms with Gasteiger partial charge in [-0.25, -0.2) is 0 Å². The molecule has 27 heavy (non-hydrogen) atoms. The summed E-state index contributed by atoms with van der Waals surface area (Å²) in [5.41, 5.74) is 8.62. The molecule has 0 aromatic heterocycles. The van der Waals surface area contributed by atoms with E-state index < -0.39 is 0 Å². The van der Waals surface area contributed by atoms with Crippen LogP contribution in [0.15, 0.2) is 42.5 Å². The lowest BCUT2D eigenvalue weighted by Gasteiger charge is -2.18. The number of carbonyl (C=O) groups excluding carboxylic acids is 1. The second-order valence-electron chi connectivity index (χ2n) is 7.10. The molecule has 0 spiro atoms. The summed E-state index contributed by atoms with van der Waals surface area (Å²) in [5, 5.41) is 3.03. The van der Waals surface area contributed by atoms with Crippen LogP contribution in [0.4, 0.5) is 5.69 Å². The minimum Gasteiger partial charge on any atom is -0.493 e. The van der Waals surface area contributed by atoms with Crippen molar-refractivity contribution in [2.75, 3.05) is 19.5 Å². The van der Waals surface area contributed by atoms with Gasteiger partial charge in [0.05, 0.1) is 19.8 Å². The largest absolute Gasteiger partial charge is 0.493 e. The van der Waals surface area contributed by atoms with Crippen LogP contribution in [0.3, 0.4) is 0 Å². The van der Waals surface area contributed by atoms with Crippen LogP contribution < -0.4 is 20.5 Å². The van der Waals surface area contributed by atoms with E-state index in [1.807, 2.05) is 49.4 Å². The van der Waals surface area contributed by atoms with Crippen LogP contribution in [0, 0.1) is 5.92 Å². The molecule has 0 aliphatic carbocycles. The molecule has 146 valence electrons. The number of hydrogen-bond donors (Lipinski definition) is 2. The van der Waals surface area contributed by atoms with Crippen molar-refractivity contribution < 1.29 is 14.3 Å². The molecule has 0 bridgehead atoms. The van der Waals surface area contributed by atoms with E-state index in [-0.39, 0.29) is 11.9 Å². The molecule has 0 saturated carbocycles. The Kier molecular flexibility index (Phi) is 7.53. The summed E-state index contributed by atoms with van der Waals surface area (Å²) in [4.78, 5) is 12.3. The summed E-state index contributed by atoms with van der Waals surface area (Å²) < 4.78 is 11.2. The van der Waals surface area contributed by atoms with Crippen molar-refractivity contribution in [2.45, 2.75) is 39.7 Å². The van der Waals surface area contributed by atoms with Gasteiger partial charge in [-0.1, -0.05) is 38.1 Å². The highest BCUT2D eigenvalue weighted by atomic mass is 16.5. The van der Waals surface area contributed by atoms with Crippen LogP contribution in [-0.2, 0) is 11.2 Å². The predicted molar refractivity (Wildman–Crippen MR) is 109 cm³/mol. The molecule has 0 aliphatic heterocycles. The highest BCUT2D eigenvalue weighted by Crippen LogP contribution is 2.30. The maximum Gasteiger partial charge on any atom is 0.220 e. The van der Waals surface area contributed by atoms with Crippen molar-refractivity contribution in [1.29, 1.82) is 0 Å². The van der Waals surface area contributed by atoms with Gasteiger partial charge in [0.15, 0.2) is 11.5 Å². The van der Waals surface area contributed by atoms with Crippen LogP contribution in [-0.4, -0.2) is 19.6 Å². The number of nitrogens with two attached hydrogens (primary N) is 1. The van der Waals surface area contributed by atoms with Gasteiger partial charge in [0, 0.05) is 12.1 Å². The van der Waals surface area contributed by atoms with Gasteiger partial charge in [-0.2, -0.15) is 0 Å². The van der Waals surface area contributed by atoms with Crippen molar-refractivity contribution in [2.24, 2.45) is 5.92 Å². The Labute approximate surface area is 161 Å². The lowest BCUT2D eigenvalue weighted by atomic mass is 10.1. The monoisotopic (exact) mass is 370 g/mol. The number of rotatable bonds is 9. The number of hydrogen-bond acceptors (Lipinski definition) is 4. The maximum atomic E-state index is 12.3. The van der Waals surface area contributed by atoms with E-state index in [4.69, 9.17) is 15.2 Å². The number of methoxy groups -OCH3 is 1. The van der Waals surface area contributed by atoms with E-state index >= 15 is 0 Å². The summed E-state index contributed by atoms with van der Waals surface area (Å²) in [7, 11) is 1.62. The Morgan fingerprint density at radius 1 is 1.11 bits per heavy atom. The lowest BCUT2D eigenvalue weighted by Crippen LogP contribution is -2.26. The van der Waals surface area contributed by atoms with Crippen LogP contribution in [0.25, 0.3) is 0 Å². The number of para-hydroxylation sites is 1. The normalized spacial score (nSPS) is 11.9. The fraction of sp³-hybridized carbons (Fsp3) is 0.409. The van der Waals surface area contributed by atoms with E-state index in [9.17, 15) is 4.79 Å². The summed E-state index contributed by atoms with van der Waals surface area (Å²) >= 11 is 0. The van der Waals surface area contributed by atoms with Crippen molar-refractivity contribution in [3.63, 3.8) is 0 Å². The Balaban J connectivity index is 1.95. The molecular weight excluding hydrogens is 340 g/mol. The smallest absolute Gasteiger partial charge is 0.220 e.